The van der Waals surface area contributed by atoms with Crippen molar-refractivity contribution in [1.29, 1.82) is 0 Å². The van der Waals surface area contributed by atoms with Crippen molar-refractivity contribution in [3.05, 3.63) is 40.3 Å². The van der Waals surface area contributed by atoms with E-state index in [2.05, 4.69) is 50.3 Å². The number of fused-ring (bicyclic) bond motifs is 4. The molecule has 31 heteroatoms. The number of hydrogen-bond donors (Lipinski definition) is 12. The number of ether oxygens (including phenoxy) is 2. The summed E-state index contributed by atoms with van der Waals surface area (Å²) in [4.78, 5) is 72.5. The number of nitrogens with one attached hydrogen (secondary N) is 6. The number of aromatic amines is 2. The molecule has 2 aromatic rings. The van der Waals surface area contributed by atoms with E-state index >= 15 is 0 Å². The molecular formula is C20H24N10O14P2S4W-4. The summed E-state index contributed by atoms with van der Waals surface area (Å²) in [5.41, 5.74) is 10.3. The summed E-state index contributed by atoms with van der Waals surface area (Å²) in [5, 5.41) is 11.5. The monoisotopic (exact) mass is 1000 g/mol. The molecule has 0 spiro atoms. The van der Waals surface area contributed by atoms with Crippen molar-refractivity contribution in [3.8, 4) is 0 Å². The maximum absolute atomic E-state index is 11.9. The molecule has 0 saturated carbocycles. The Morgan fingerprint density at radius 3 is 1.33 bits per heavy atom. The van der Waals surface area contributed by atoms with Crippen molar-refractivity contribution in [2.24, 2.45) is 0 Å². The van der Waals surface area contributed by atoms with Crippen LogP contribution in [0.4, 0.5) is 34.9 Å². The summed E-state index contributed by atoms with van der Waals surface area (Å²) in [5.74, 6) is 0.175. The summed E-state index contributed by atoms with van der Waals surface area (Å²) in [6, 6.07) is -1.25. The second-order valence-electron chi connectivity index (χ2n) is 10.1. The van der Waals surface area contributed by atoms with Gasteiger partial charge in [0.05, 0.1) is 37.5 Å². The molecule has 0 amide bonds. The van der Waals surface area contributed by atoms with Gasteiger partial charge in [-0.05, 0) is 0 Å². The minimum absolute atomic E-state index is 0.0817. The van der Waals surface area contributed by atoms with Gasteiger partial charge in [-0.2, -0.15) is 29.6 Å². The Morgan fingerprint density at radius 2 is 1.02 bits per heavy atom. The van der Waals surface area contributed by atoms with Crippen molar-refractivity contribution in [1.82, 2.24) is 19.9 Å². The molecule has 0 aliphatic carbocycles. The number of hydrogen-bond acceptors (Lipinski definition) is 22. The van der Waals surface area contributed by atoms with Crippen LogP contribution >= 0.6 is 15.6 Å². The van der Waals surface area contributed by atoms with Crippen molar-refractivity contribution in [3.63, 3.8) is 0 Å². The summed E-state index contributed by atoms with van der Waals surface area (Å²) in [7, 11) is -9.35. The summed E-state index contributed by atoms with van der Waals surface area (Å²) >= 11 is 18.6. The van der Waals surface area contributed by atoms with Crippen LogP contribution in [0.3, 0.4) is 0 Å². The maximum atomic E-state index is 11.9. The van der Waals surface area contributed by atoms with Gasteiger partial charge >= 0.3 is 40.9 Å². The van der Waals surface area contributed by atoms with Crippen molar-refractivity contribution >= 4 is 101 Å². The van der Waals surface area contributed by atoms with Crippen LogP contribution < -0.4 is 43.9 Å². The zero-order valence-corrected chi connectivity index (χ0v) is 32.7. The fourth-order valence-corrected chi connectivity index (χ4v) is 6.44. The third kappa shape index (κ3) is 10.3. The molecule has 6 atom stereocenters. The zero-order valence-electron chi connectivity index (χ0n) is 24.7. The Bertz CT molecular complexity index is 1860. The van der Waals surface area contributed by atoms with E-state index in [1.807, 2.05) is 0 Å². The van der Waals surface area contributed by atoms with E-state index in [4.69, 9.17) is 97.8 Å². The zero-order chi connectivity index (χ0) is 38.0. The normalized spacial score (nSPS) is 24.9. The van der Waals surface area contributed by atoms with Gasteiger partial charge in [0.25, 0.3) is 11.1 Å². The number of phosphoric ester groups is 2. The SMILES string of the molecule is Nc1nc2c(c(=O)[nH]1)N[C@H]1C([S-])=C([S-])[C@@H](COP(=O)(O)O)O[C@H]1N2.Nc1nc2c(c(=O)[nH]1)N[C@H]1C([S-])=C([S-])[C@@H](COP(=O)(O)O)O[C@H]1N2.[O]=[W]=[O]. The topological polar surface area (TPSA) is 378 Å². The second-order valence-corrected chi connectivity index (χ2v) is 14.8. The van der Waals surface area contributed by atoms with Gasteiger partial charge in [0, 0.05) is 0 Å². The molecule has 282 valence electrons. The Hall–Kier alpha value is -2.65. The van der Waals surface area contributed by atoms with E-state index in [1.165, 1.54) is 0 Å². The molecule has 4 aliphatic heterocycles. The van der Waals surface area contributed by atoms with Gasteiger partial charge in [0.2, 0.25) is 11.9 Å². The molecule has 2 aromatic heterocycles. The molecule has 14 N–H and O–H groups in total. The molecule has 51 heavy (non-hydrogen) atoms. The van der Waals surface area contributed by atoms with Crippen molar-refractivity contribution in [2.45, 2.75) is 36.7 Å². The quantitative estimate of drug-likeness (QED) is 0.102. The molecule has 6 rings (SSSR count). The molecule has 0 radical (unpaired) electrons. The number of nitrogens with two attached hydrogens (primary N) is 2. The van der Waals surface area contributed by atoms with Crippen LogP contribution in [0.15, 0.2) is 29.2 Å². The fourth-order valence-electron chi connectivity index (χ4n) is 4.65. The number of H-pyrrole nitrogens is 2. The van der Waals surface area contributed by atoms with Gasteiger partial charge in [-0.3, -0.25) is 28.6 Å². The fraction of sp³-hybridized carbons (Fsp3) is 0.400. The average Bonchev–Trinajstić information content (AvgIpc) is 3.02. The molecule has 0 bridgehead atoms. The first-order valence-corrected chi connectivity index (χ1v) is 20.5. The van der Waals surface area contributed by atoms with Crippen molar-refractivity contribution in [2.75, 3.05) is 45.9 Å². The summed E-state index contributed by atoms with van der Waals surface area (Å²) < 4.78 is 58.9. The number of aromatic nitrogens is 4. The van der Waals surface area contributed by atoms with Crippen LogP contribution in [-0.2, 0) is 103 Å². The summed E-state index contributed by atoms with van der Waals surface area (Å²) in [6.07, 6.45) is -3.40. The standard InChI is InChI=1S/2C10H14N5O6PS2.2O.W/c2*11-10-14-7-4(8(16)15-10)12-3-6(24)5(23)2(21-9(3)13-7)1-20-22(17,18)19;;;/h2*2-3,9,12,23-24H,1H2,(H2,17,18,19)(H4,11,13,14,15,16);;;/p-4/t2*2-,3+,9-;;;/m11.../s1. The number of phosphoric acid groups is 2. The first-order chi connectivity index (χ1) is 23.7. The van der Waals surface area contributed by atoms with E-state index < -0.39 is 95.2 Å². The molecule has 0 fully saturated rings. The van der Waals surface area contributed by atoms with E-state index in [-0.39, 0.29) is 54.5 Å². The molecular weight excluding hydrogens is 978 g/mol. The molecule has 0 unspecified atom stereocenters. The molecule has 6 heterocycles. The molecule has 24 nitrogen and oxygen atoms in total. The van der Waals surface area contributed by atoms with E-state index in [1.54, 1.807) is 0 Å². The first kappa shape index (κ1) is 41.1. The van der Waals surface area contributed by atoms with Gasteiger partial charge in [0.1, 0.15) is 11.4 Å². The number of nitrogens with zero attached hydrogens (tertiary/aromatic N) is 2. The molecule has 0 saturated heterocycles. The Kier molecular flexibility index (Phi) is 13.4. The van der Waals surface area contributed by atoms with E-state index in [0.29, 0.717) is 0 Å². The predicted octanol–water partition coefficient (Wildman–Crippen LogP) is -2.84. The Balaban J connectivity index is 0.000000212. The Labute approximate surface area is 315 Å². The second kappa shape index (κ2) is 16.6. The van der Waals surface area contributed by atoms with Gasteiger partial charge in [-0.15, -0.1) is 0 Å². The van der Waals surface area contributed by atoms with Crippen LogP contribution in [0.25, 0.3) is 0 Å². The molecule has 0 aromatic carbocycles. The van der Waals surface area contributed by atoms with Crippen LogP contribution in [0.2, 0.25) is 0 Å². The van der Waals surface area contributed by atoms with Gasteiger partial charge in [-0.1, -0.05) is 0 Å². The minimum atomic E-state index is -4.67. The van der Waals surface area contributed by atoms with Gasteiger partial charge in [-0.25, -0.2) is 9.13 Å². The number of nitrogen functional groups attached to an aromatic ring is 2. The van der Waals surface area contributed by atoms with Crippen LogP contribution in [0.5, 0.6) is 0 Å². The van der Waals surface area contributed by atoms with Gasteiger partial charge < -0.3 is 112 Å². The Morgan fingerprint density at radius 1 is 0.686 bits per heavy atom. The number of rotatable bonds is 6. The third-order valence-electron chi connectivity index (χ3n) is 6.68. The third-order valence-corrected chi connectivity index (χ3v) is 9.83. The van der Waals surface area contributed by atoms with Crippen LogP contribution in [0, 0.1) is 0 Å². The van der Waals surface area contributed by atoms with Crippen LogP contribution in [-0.4, -0.2) is 89.5 Å². The number of anilines is 6. The molecule has 4 aliphatic rings. The van der Waals surface area contributed by atoms with E-state index in [0.717, 1.165) is 0 Å². The summed E-state index contributed by atoms with van der Waals surface area (Å²) in [6.45, 7) is -0.933. The van der Waals surface area contributed by atoms with Gasteiger partial charge in [0.15, 0.2) is 24.1 Å². The van der Waals surface area contributed by atoms with E-state index in [9.17, 15) is 18.7 Å². The first-order valence-electron chi connectivity index (χ1n) is 13.4. The van der Waals surface area contributed by atoms with Crippen LogP contribution in [0.1, 0.15) is 0 Å². The van der Waals surface area contributed by atoms with Crippen molar-refractivity contribution < 1.29 is 72.5 Å². The average molecular weight is 1000 g/mol. The predicted molar refractivity (Wildman–Crippen MR) is 179 cm³/mol.